The molecular weight excluding hydrogens is 164 g/mol. The summed E-state index contributed by atoms with van der Waals surface area (Å²) in [5.41, 5.74) is 1.14. The molecule has 2 fully saturated rings. The van der Waals surface area contributed by atoms with Gasteiger partial charge in [-0.1, -0.05) is 32.9 Å². The van der Waals surface area contributed by atoms with E-state index in [-0.39, 0.29) is 23.4 Å². The number of hydrogen-bond acceptors (Lipinski definition) is 2. The monoisotopic (exact) mass is 180 g/mol. The molecule has 1 aliphatic heterocycles. The molecule has 0 aromatic heterocycles. The second-order valence-corrected chi connectivity index (χ2v) is 5.19. The Balaban J connectivity index is 2.12. The van der Waals surface area contributed by atoms with Crippen LogP contribution in [0.5, 0.6) is 0 Å². The molecule has 0 radical (unpaired) electrons. The van der Waals surface area contributed by atoms with Crippen LogP contribution < -0.4 is 0 Å². The first-order chi connectivity index (χ1) is 5.91. The number of carbonyl (C=O) groups excluding carboxylic acids is 1. The van der Waals surface area contributed by atoms with Gasteiger partial charge in [-0.15, -0.1) is 0 Å². The van der Waals surface area contributed by atoms with Crippen LogP contribution in [0.25, 0.3) is 0 Å². The molecule has 13 heavy (non-hydrogen) atoms. The quantitative estimate of drug-likeness (QED) is 0.422. The average molecular weight is 180 g/mol. The Morgan fingerprint density at radius 3 is 2.54 bits per heavy atom. The van der Waals surface area contributed by atoms with Crippen molar-refractivity contribution in [1.29, 1.82) is 0 Å². The van der Waals surface area contributed by atoms with Gasteiger partial charge in [0, 0.05) is 5.92 Å². The van der Waals surface area contributed by atoms with E-state index in [1.54, 1.807) is 0 Å². The zero-order chi connectivity index (χ0) is 9.80. The van der Waals surface area contributed by atoms with Crippen molar-refractivity contribution in [2.75, 3.05) is 0 Å². The maximum absolute atomic E-state index is 11.4. The van der Waals surface area contributed by atoms with Crippen molar-refractivity contribution in [3.8, 4) is 0 Å². The van der Waals surface area contributed by atoms with E-state index in [1.165, 1.54) is 0 Å². The second kappa shape index (κ2) is 2.37. The van der Waals surface area contributed by atoms with Crippen LogP contribution in [0.1, 0.15) is 27.2 Å². The van der Waals surface area contributed by atoms with E-state index < -0.39 is 0 Å². The Morgan fingerprint density at radius 2 is 2.08 bits per heavy atom. The molecule has 2 rings (SSSR count). The highest BCUT2D eigenvalue weighted by Crippen LogP contribution is 2.53. The van der Waals surface area contributed by atoms with Gasteiger partial charge in [-0.05, 0) is 11.8 Å². The van der Waals surface area contributed by atoms with E-state index in [9.17, 15) is 4.79 Å². The number of rotatable bonds is 0. The molecule has 0 aromatic rings. The third-order valence-electron chi connectivity index (χ3n) is 3.12. The third-order valence-corrected chi connectivity index (χ3v) is 3.12. The summed E-state index contributed by atoms with van der Waals surface area (Å²) in [6.07, 6.45) is 1.04. The van der Waals surface area contributed by atoms with Crippen molar-refractivity contribution >= 4 is 5.97 Å². The summed E-state index contributed by atoms with van der Waals surface area (Å²) in [6, 6.07) is 0. The smallest absolute Gasteiger partial charge is 0.313 e. The molecule has 1 saturated heterocycles. The van der Waals surface area contributed by atoms with Crippen LogP contribution in [0, 0.1) is 17.3 Å². The lowest BCUT2D eigenvalue weighted by atomic mass is 9.84. The molecule has 2 aliphatic rings. The summed E-state index contributed by atoms with van der Waals surface area (Å²) in [5, 5.41) is 0. The maximum Gasteiger partial charge on any atom is 0.313 e. The van der Waals surface area contributed by atoms with E-state index in [0.29, 0.717) is 5.92 Å². The standard InChI is InChI=1S/C11H16O2/c1-6-7-5-8(11(2,3)4)13-10(12)9(6)7/h7-9H,1,5H2,2-4H3/t7-,8-,9+/m0/s1. The predicted octanol–water partition coefficient (Wildman–Crippen LogP) is 2.15. The average Bonchev–Trinajstić information content (AvgIpc) is 2.61. The minimum Gasteiger partial charge on any atom is -0.461 e. The predicted molar refractivity (Wildman–Crippen MR) is 50.1 cm³/mol. The highest BCUT2D eigenvalue weighted by molar-refractivity contribution is 5.83. The van der Waals surface area contributed by atoms with Gasteiger partial charge in [0.15, 0.2) is 0 Å². The fourth-order valence-electron chi connectivity index (χ4n) is 2.00. The van der Waals surface area contributed by atoms with E-state index in [2.05, 4.69) is 27.4 Å². The summed E-state index contributed by atoms with van der Waals surface area (Å²) < 4.78 is 5.38. The van der Waals surface area contributed by atoms with Crippen LogP contribution in [0.2, 0.25) is 0 Å². The highest BCUT2D eigenvalue weighted by atomic mass is 16.5. The minimum atomic E-state index is -0.0545. The normalized spacial score (nSPS) is 38.2. The molecule has 72 valence electrons. The van der Waals surface area contributed by atoms with Gasteiger partial charge in [0.1, 0.15) is 6.10 Å². The number of hydrogen-bond donors (Lipinski definition) is 0. The molecule has 0 amide bonds. The Labute approximate surface area is 79.0 Å². The summed E-state index contributed by atoms with van der Waals surface area (Å²) >= 11 is 0. The lowest BCUT2D eigenvalue weighted by molar-refractivity contribution is -0.161. The number of carbonyl (C=O) groups is 1. The van der Waals surface area contributed by atoms with Crippen LogP contribution in [0.3, 0.4) is 0 Å². The van der Waals surface area contributed by atoms with Crippen LogP contribution in [-0.2, 0) is 9.53 Å². The van der Waals surface area contributed by atoms with Gasteiger partial charge in [0.25, 0.3) is 0 Å². The molecule has 0 bridgehead atoms. The number of ether oxygens (including phenoxy) is 1. The molecule has 1 aliphatic carbocycles. The van der Waals surface area contributed by atoms with Crippen molar-refractivity contribution in [3.05, 3.63) is 12.2 Å². The summed E-state index contributed by atoms with van der Waals surface area (Å²) in [7, 11) is 0. The summed E-state index contributed by atoms with van der Waals surface area (Å²) in [4.78, 5) is 11.4. The van der Waals surface area contributed by atoms with Crippen molar-refractivity contribution < 1.29 is 9.53 Å². The molecule has 0 aromatic carbocycles. The largest absolute Gasteiger partial charge is 0.461 e. The molecular formula is C11H16O2. The van der Waals surface area contributed by atoms with Crippen molar-refractivity contribution in [2.24, 2.45) is 17.3 Å². The zero-order valence-corrected chi connectivity index (χ0v) is 8.46. The summed E-state index contributed by atoms with van der Waals surface area (Å²) in [6.45, 7) is 10.2. The number of cyclic esters (lactones) is 1. The third kappa shape index (κ3) is 1.28. The molecule has 0 spiro atoms. The first-order valence-corrected chi connectivity index (χ1v) is 4.80. The molecule has 1 heterocycles. The van der Waals surface area contributed by atoms with Crippen molar-refractivity contribution in [1.82, 2.24) is 0 Å². The fraction of sp³-hybridized carbons (Fsp3) is 0.727. The van der Waals surface area contributed by atoms with Gasteiger partial charge in [-0.25, -0.2) is 0 Å². The number of esters is 1. The Kier molecular flexibility index (Phi) is 1.60. The Bertz CT molecular complexity index is 272. The van der Waals surface area contributed by atoms with Crippen molar-refractivity contribution in [3.63, 3.8) is 0 Å². The van der Waals surface area contributed by atoms with Gasteiger partial charge >= 0.3 is 5.97 Å². The Hall–Kier alpha value is -0.790. The Morgan fingerprint density at radius 1 is 1.46 bits per heavy atom. The maximum atomic E-state index is 11.4. The van der Waals surface area contributed by atoms with Crippen molar-refractivity contribution in [2.45, 2.75) is 33.3 Å². The first kappa shape index (κ1) is 8.79. The van der Waals surface area contributed by atoms with E-state index in [4.69, 9.17) is 4.74 Å². The zero-order valence-electron chi connectivity index (χ0n) is 8.46. The SMILES string of the molecule is C=C1[C@H]2C(=O)O[C@H](C(C)(C)C)C[C@@H]12. The van der Waals surface area contributed by atoms with Crippen LogP contribution in [0.15, 0.2) is 12.2 Å². The topological polar surface area (TPSA) is 26.3 Å². The lowest BCUT2D eigenvalue weighted by Crippen LogP contribution is -2.35. The summed E-state index contributed by atoms with van der Waals surface area (Å²) in [5.74, 6) is 0.408. The van der Waals surface area contributed by atoms with E-state index >= 15 is 0 Å². The van der Waals surface area contributed by atoms with Crippen LogP contribution in [0.4, 0.5) is 0 Å². The molecule has 0 unspecified atom stereocenters. The molecule has 0 N–H and O–H groups in total. The van der Waals surface area contributed by atoms with Crippen LogP contribution in [-0.4, -0.2) is 12.1 Å². The molecule has 2 nitrogen and oxygen atoms in total. The fourth-order valence-corrected chi connectivity index (χ4v) is 2.00. The van der Waals surface area contributed by atoms with Gasteiger partial charge in [-0.2, -0.15) is 0 Å². The lowest BCUT2D eigenvalue weighted by Gasteiger charge is -2.32. The van der Waals surface area contributed by atoms with Gasteiger partial charge < -0.3 is 4.74 Å². The van der Waals surface area contributed by atoms with Gasteiger partial charge in [-0.3, -0.25) is 4.79 Å². The molecule has 3 atom stereocenters. The van der Waals surface area contributed by atoms with Crippen LogP contribution >= 0.6 is 0 Å². The second-order valence-electron chi connectivity index (χ2n) is 5.19. The highest BCUT2D eigenvalue weighted by Gasteiger charge is 2.55. The minimum absolute atomic E-state index is 0.0404. The van der Waals surface area contributed by atoms with E-state index in [0.717, 1.165) is 12.0 Å². The molecule has 1 saturated carbocycles. The molecule has 2 heteroatoms. The first-order valence-electron chi connectivity index (χ1n) is 4.80. The van der Waals surface area contributed by atoms with Gasteiger partial charge in [0.2, 0.25) is 0 Å². The van der Waals surface area contributed by atoms with E-state index in [1.807, 2.05) is 0 Å². The number of fused-ring (bicyclic) bond motifs is 1. The van der Waals surface area contributed by atoms with Gasteiger partial charge in [0.05, 0.1) is 5.92 Å².